The van der Waals surface area contributed by atoms with Gasteiger partial charge in [0.2, 0.25) is 6.29 Å². The molecule has 0 amide bonds. The minimum atomic E-state index is -0.590. The van der Waals surface area contributed by atoms with E-state index in [1.54, 1.807) is 13.0 Å². The highest BCUT2D eigenvalue weighted by atomic mass is 35.5. The van der Waals surface area contributed by atoms with Crippen LogP contribution in [0.3, 0.4) is 0 Å². The lowest BCUT2D eigenvalue weighted by Gasteiger charge is -2.10. The molecule has 0 bridgehead atoms. The second-order valence-electron chi connectivity index (χ2n) is 4.16. The van der Waals surface area contributed by atoms with Crippen molar-refractivity contribution in [3.05, 3.63) is 16.7 Å². The summed E-state index contributed by atoms with van der Waals surface area (Å²) in [5.41, 5.74) is 7.33. The van der Waals surface area contributed by atoms with Gasteiger partial charge in [-0.05, 0) is 0 Å². The van der Waals surface area contributed by atoms with E-state index in [4.69, 9.17) is 26.8 Å². The van der Waals surface area contributed by atoms with Crippen molar-refractivity contribution in [3.63, 3.8) is 0 Å². The number of benzene rings is 1. The van der Waals surface area contributed by atoms with E-state index in [0.717, 1.165) is 10.3 Å². The SMILES string of the molecule is CCC(=O)OC1Cc2c(cc(Cl)c3nc(N)sc23)O1. The van der Waals surface area contributed by atoms with Gasteiger partial charge >= 0.3 is 5.97 Å². The summed E-state index contributed by atoms with van der Waals surface area (Å²) in [5, 5.41) is 0.948. The number of anilines is 1. The Morgan fingerprint density at radius 1 is 1.74 bits per heavy atom. The number of carbonyl (C=O) groups is 1. The van der Waals surface area contributed by atoms with Gasteiger partial charge in [0.15, 0.2) is 5.13 Å². The number of hydrogen-bond donors (Lipinski definition) is 1. The number of fused-ring (bicyclic) bond motifs is 3. The molecule has 19 heavy (non-hydrogen) atoms. The smallest absolute Gasteiger partial charge is 0.308 e. The molecule has 7 heteroatoms. The number of hydrogen-bond acceptors (Lipinski definition) is 6. The van der Waals surface area contributed by atoms with Crippen LogP contribution in [0.4, 0.5) is 5.13 Å². The van der Waals surface area contributed by atoms with E-state index in [0.29, 0.717) is 34.3 Å². The fourth-order valence-corrected chi connectivity index (χ4v) is 3.23. The van der Waals surface area contributed by atoms with Crippen LogP contribution >= 0.6 is 22.9 Å². The summed E-state index contributed by atoms with van der Waals surface area (Å²) >= 11 is 7.50. The molecule has 0 spiro atoms. The monoisotopic (exact) mass is 298 g/mol. The molecule has 1 aromatic heterocycles. The van der Waals surface area contributed by atoms with Crippen LogP contribution in [0, 0.1) is 0 Å². The Balaban J connectivity index is 1.98. The lowest BCUT2D eigenvalue weighted by molar-refractivity contribution is -0.160. The van der Waals surface area contributed by atoms with Crippen LogP contribution in [0.15, 0.2) is 6.07 Å². The number of nitrogens with two attached hydrogens (primary N) is 1. The molecule has 2 N–H and O–H groups in total. The van der Waals surface area contributed by atoms with Crippen molar-refractivity contribution in [1.29, 1.82) is 0 Å². The average molecular weight is 299 g/mol. The molecular weight excluding hydrogens is 288 g/mol. The van der Waals surface area contributed by atoms with Crippen molar-refractivity contribution >= 4 is 44.3 Å². The van der Waals surface area contributed by atoms with Gasteiger partial charge < -0.3 is 15.2 Å². The summed E-state index contributed by atoms with van der Waals surface area (Å²) in [6.45, 7) is 1.74. The topological polar surface area (TPSA) is 74.4 Å². The minimum Gasteiger partial charge on any atom is -0.454 e. The van der Waals surface area contributed by atoms with Crippen molar-refractivity contribution < 1.29 is 14.3 Å². The molecule has 0 saturated carbocycles. The molecule has 3 rings (SSSR count). The van der Waals surface area contributed by atoms with Crippen LogP contribution in [0.1, 0.15) is 18.9 Å². The van der Waals surface area contributed by atoms with Crippen LogP contribution < -0.4 is 10.5 Å². The lowest BCUT2D eigenvalue weighted by Crippen LogP contribution is -2.21. The number of rotatable bonds is 2. The second-order valence-corrected chi connectivity index (χ2v) is 5.60. The second kappa shape index (κ2) is 4.54. The van der Waals surface area contributed by atoms with Gasteiger partial charge in [-0.2, -0.15) is 0 Å². The number of thiazole rings is 1. The Morgan fingerprint density at radius 3 is 3.26 bits per heavy atom. The zero-order valence-electron chi connectivity index (χ0n) is 10.1. The van der Waals surface area contributed by atoms with Crippen molar-refractivity contribution in [1.82, 2.24) is 4.98 Å². The number of halogens is 1. The number of carbonyl (C=O) groups excluding carboxylic acids is 1. The van der Waals surface area contributed by atoms with Crippen molar-refractivity contribution in [2.45, 2.75) is 26.1 Å². The van der Waals surface area contributed by atoms with Gasteiger partial charge in [-0.25, -0.2) is 4.98 Å². The van der Waals surface area contributed by atoms with Crippen molar-refractivity contribution in [3.8, 4) is 5.75 Å². The van der Waals surface area contributed by atoms with E-state index in [1.807, 2.05) is 0 Å². The van der Waals surface area contributed by atoms with E-state index < -0.39 is 6.29 Å². The van der Waals surface area contributed by atoms with Crippen LogP contribution in [0.5, 0.6) is 5.75 Å². The molecule has 0 fully saturated rings. The molecule has 2 aromatic rings. The predicted octanol–water partition coefficient (Wildman–Crippen LogP) is 2.75. The standard InChI is InChI=1S/C12H11ClN2O3S/c1-2-8(16)18-9-3-5-7(17-9)4-6(13)10-11(5)19-12(14)15-10/h4,9H,2-3H2,1H3,(H2,14,15). The maximum Gasteiger partial charge on any atom is 0.308 e. The van der Waals surface area contributed by atoms with Gasteiger partial charge in [-0.3, -0.25) is 4.79 Å². The maximum absolute atomic E-state index is 11.3. The van der Waals surface area contributed by atoms with Gasteiger partial charge in [-0.1, -0.05) is 29.9 Å². The van der Waals surface area contributed by atoms with E-state index in [1.165, 1.54) is 11.3 Å². The number of esters is 1. The van der Waals surface area contributed by atoms with Crippen molar-refractivity contribution in [2.75, 3.05) is 5.73 Å². The van der Waals surface area contributed by atoms with E-state index in [9.17, 15) is 4.79 Å². The summed E-state index contributed by atoms with van der Waals surface area (Å²) in [7, 11) is 0. The number of ether oxygens (including phenoxy) is 2. The quantitative estimate of drug-likeness (QED) is 0.863. The molecule has 0 radical (unpaired) electrons. The Morgan fingerprint density at radius 2 is 2.53 bits per heavy atom. The summed E-state index contributed by atoms with van der Waals surface area (Å²) in [4.78, 5) is 15.5. The molecule has 1 aliphatic heterocycles. The van der Waals surface area contributed by atoms with Gasteiger partial charge in [0.1, 0.15) is 11.3 Å². The molecule has 2 heterocycles. The van der Waals surface area contributed by atoms with Crippen molar-refractivity contribution in [2.24, 2.45) is 0 Å². The molecule has 1 unspecified atom stereocenters. The molecule has 5 nitrogen and oxygen atoms in total. The minimum absolute atomic E-state index is 0.288. The van der Waals surface area contributed by atoms with Crippen LogP contribution in [-0.4, -0.2) is 17.2 Å². The zero-order chi connectivity index (χ0) is 13.6. The molecule has 1 atom stereocenters. The maximum atomic E-state index is 11.3. The van der Waals surface area contributed by atoms with E-state index in [-0.39, 0.29) is 5.97 Å². The number of aromatic nitrogens is 1. The predicted molar refractivity (Wildman–Crippen MR) is 73.5 cm³/mol. The molecule has 100 valence electrons. The largest absolute Gasteiger partial charge is 0.454 e. The van der Waals surface area contributed by atoms with Gasteiger partial charge in [0.25, 0.3) is 0 Å². The highest BCUT2D eigenvalue weighted by molar-refractivity contribution is 7.22. The van der Waals surface area contributed by atoms with E-state index >= 15 is 0 Å². The first kappa shape index (κ1) is 12.5. The number of nitrogen functional groups attached to an aromatic ring is 1. The Labute approximate surface area is 118 Å². The third-order valence-corrected chi connectivity index (χ3v) is 4.11. The first-order chi connectivity index (χ1) is 9.08. The first-order valence-electron chi connectivity index (χ1n) is 5.82. The highest BCUT2D eigenvalue weighted by Gasteiger charge is 2.29. The molecule has 0 aliphatic carbocycles. The summed E-state index contributed by atoms with van der Waals surface area (Å²) in [6.07, 6.45) is 0.225. The molecule has 1 aliphatic rings. The van der Waals surface area contributed by atoms with Crippen LogP contribution in [0.25, 0.3) is 10.2 Å². The highest BCUT2D eigenvalue weighted by Crippen LogP contribution is 2.42. The third kappa shape index (κ3) is 2.11. The van der Waals surface area contributed by atoms with Gasteiger partial charge in [-0.15, -0.1) is 0 Å². The summed E-state index contributed by atoms with van der Waals surface area (Å²) < 4.78 is 11.7. The molecule has 1 aromatic carbocycles. The summed E-state index contributed by atoms with van der Waals surface area (Å²) in [5.74, 6) is 0.346. The summed E-state index contributed by atoms with van der Waals surface area (Å²) in [6, 6.07) is 1.69. The third-order valence-electron chi connectivity index (χ3n) is 2.88. The Hall–Kier alpha value is -1.53. The molecular formula is C12H11ClN2O3S. The molecule has 0 saturated heterocycles. The van der Waals surface area contributed by atoms with Gasteiger partial charge in [0, 0.05) is 18.1 Å². The number of nitrogens with zero attached hydrogens (tertiary/aromatic N) is 1. The Bertz CT molecular complexity index is 671. The van der Waals surface area contributed by atoms with E-state index in [2.05, 4.69) is 4.98 Å². The van der Waals surface area contributed by atoms with Crippen LogP contribution in [-0.2, 0) is 16.0 Å². The normalized spacial score (nSPS) is 17.3. The first-order valence-corrected chi connectivity index (χ1v) is 7.01. The van der Waals surface area contributed by atoms with Gasteiger partial charge in [0.05, 0.1) is 16.1 Å². The van der Waals surface area contributed by atoms with Crippen LogP contribution in [0.2, 0.25) is 5.02 Å². The zero-order valence-corrected chi connectivity index (χ0v) is 11.7. The Kier molecular flexibility index (Phi) is 2.99. The lowest BCUT2D eigenvalue weighted by atomic mass is 10.1. The fourth-order valence-electron chi connectivity index (χ4n) is 2.03. The average Bonchev–Trinajstić information content (AvgIpc) is 2.92. The fraction of sp³-hybridized carbons (Fsp3) is 0.333.